The van der Waals surface area contributed by atoms with Crippen molar-refractivity contribution >= 4 is 22.4 Å². The third-order valence-electron chi connectivity index (χ3n) is 1.76. The molecule has 0 fully saturated rings. The van der Waals surface area contributed by atoms with Crippen molar-refractivity contribution in [1.29, 1.82) is 0 Å². The number of amides is 1. The summed E-state index contributed by atoms with van der Waals surface area (Å²) in [7, 11) is 0. The minimum Gasteiger partial charge on any atom is -0.375 e. The summed E-state index contributed by atoms with van der Waals surface area (Å²) < 4.78 is 0. The van der Waals surface area contributed by atoms with Crippen LogP contribution in [0.3, 0.4) is 0 Å². The van der Waals surface area contributed by atoms with Gasteiger partial charge >= 0.3 is 0 Å². The van der Waals surface area contributed by atoms with Crippen molar-refractivity contribution in [2.24, 2.45) is 5.92 Å². The number of nitrogens with one attached hydrogen (secondary N) is 1. The lowest BCUT2D eigenvalue weighted by molar-refractivity contribution is 0.0948. The van der Waals surface area contributed by atoms with Crippen LogP contribution in [0, 0.1) is 5.92 Å². The van der Waals surface area contributed by atoms with Gasteiger partial charge in [0.25, 0.3) is 5.91 Å². The van der Waals surface area contributed by atoms with E-state index in [0.717, 1.165) is 6.42 Å². The number of thiazole rings is 1. The van der Waals surface area contributed by atoms with Gasteiger partial charge in [0.15, 0.2) is 5.13 Å². The van der Waals surface area contributed by atoms with Crippen LogP contribution in [0.1, 0.15) is 30.8 Å². The Hall–Kier alpha value is -1.10. The van der Waals surface area contributed by atoms with Gasteiger partial charge in [-0.2, -0.15) is 0 Å². The molecular formula is C9H15N3OS. The summed E-state index contributed by atoms with van der Waals surface area (Å²) in [4.78, 5) is 15.3. The topological polar surface area (TPSA) is 68.0 Å². The first-order valence-electron chi connectivity index (χ1n) is 4.59. The van der Waals surface area contributed by atoms with E-state index in [-0.39, 0.29) is 5.91 Å². The molecule has 0 aliphatic heterocycles. The Kier molecular flexibility index (Phi) is 3.88. The minimum atomic E-state index is -0.140. The van der Waals surface area contributed by atoms with Gasteiger partial charge in [-0.15, -0.1) is 11.3 Å². The summed E-state index contributed by atoms with van der Waals surface area (Å²) in [5.41, 5.74) is 5.83. The number of nitrogen functional groups attached to an aromatic ring is 1. The van der Waals surface area contributed by atoms with Gasteiger partial charge in [-0.1, -0.05) is 13.8 Å². The van der Waals surface area contributed by atoms with E-state index in [1.165, 1.54) is 11.3 Å². The van der Waals surface area contributed by atoms with Crippen LogP contribution >= 0.6 is 11.3 Å². The predicted molar refractivity (Wildman–Crippen MR) is 58.3 cm³/mol. The summed E-state index contributed by atoms with van der Waals surface area (Å²) in [6.45, 7) is 4.92. The third kappa shape index (κ3) is 3.33. The molecule has 1 aromatic rings. The molecule has 14 heavy (non-hydrogen) atoms. The standard InChI is InChI=1S/C9H15N3OS/c1-6(2)3-4-11-8(13)7-5-14-9(10)12-7/h5-6H,3-4H2,1-2H3,(H2,10,12)(H,11,13). The highest BCUT2D eigenvalue weighted by molar-refractivity contribution is 7.13. The van der Waals surface area contributed by atoms with Crippen LogP contribution in [-0.4, -0.2) is 17.4 Å². The lowest BCUT2D eigenvalue weighted by Crippen LogP contribution is -2.25. The maximum Gasteiger partial charge on any atom is 0.270 e. The largest absolute Gasteiger partial charge is 0.375 e. The zero-order chi connectivity index (χ0) is 10.6. The number of anilines is 1. The maximum absolute atomic E-state index is 11.4. The highest BCUT2D eigenvalue weighted by atomic mass is 32.1. The minimum absolute atomic E-state index is 0.140. The van der Waals surface area contributed by atoms with E-state index in [0.29, 0.717) is 23.3 Å². The molecule has 1 aromatic heterocycles. The Morgan fingerprint density at radius 3 is 2.93 bits per heavy atom. The molecule has 4 nitrogen and oxygen atoms in total. The van der Waals surface area contributed by atoms with Gasteiger partial charge in [0.2, 0.25) is 0 Å². The van der Waals surface area contributed by atoms with Crippen LogP contribution in [0.15, 0.2) is 5.38 Å². The van der Waals surface area contributed by atoms with Gasteiger partial charge in [0.05, 0.1) is 0 Å². The molecule has 1 amide bonds. The van der Waals surface area contributed by atoms with Gasteiger partial charge in [0.1, 0.15) is 5.69 Å². The predicted octanol–water partition coefficient (Wildman–Crippen LogP) is 1.50. The third-order valence-corrected chi connectivity index (χ3v) is 2.44. The molecule has 0 radical (unpaired) electrons. The Morgan fingerprint density at radius 2 is 2.43 bits per heavy atom. The average molecular weight is 213 g/mol. The van der Waals surface area contributed by atoms with Crippen LogP contribution in [-0.2, 0) is 0 Å². The van der Waals surface area contributed by atoms with Crippen molar-refractivity contribution in [1.82, 2.24) is 10.3 Å². The Morgan fingerprint density at radius 1 is 1.71 bits per heavy atom. The fraction of sp³-hybridized carbons (Fsp3) is 0.556. The number of hydrogen-bond donors (Lipinski definition) is 2. The van der Waals surface area contributed by atoms with Gasteiger partial charge < -0.3 is 11.1 Å². The Balaban J connectivity index is 2.36. The molecule has 0 spiro atoms. The summed E-state index contributed by atoms with van der Waals surface area (Å²) in [6, 6.07) is 0. The van der Waals surface area contributed by atoms with Crippen molar-refractivity contribution in [3.63, 3.8) is 0 Å². The molecule has 1 rings (SSSR count). The van der Waals surface area contributed by atoms with Crippen LogP contribution in [0.2, 0.25) is 0 Å². The molecule has 1 heterocycles. The van der Waals surface area contributed by atoms with E-state index in [4.69, 9.17) is 5.73 Å². The summed E-state index contributed by atoms with van der Waals surface area (Å²) in [6.07, 6.45) is 0.978. The Bertz CT molecular complexity index is 309. The number of carbonyl (C=O) groups excluding carboxylic acids is 1. The van der Waals surface area contributed by atoms with Crippen LogP contribution in [0.4, 0.5) is 5.13 Å². The molecule has 0 saturated carbocycles. The van der Waals surface area contributed by atoms with Crippen molar-refractivity contribution < 1.29 is 4.79 Å². The lowest BCUT2D eigenvalue weighted by Gasteiger charge is -2.05. The molecule has 0 atom stereocenters. The van der Waals surface area contributed by atoms with Crippen LogP contribution in [0.5, 0.6) is 0 Å². The number of rotatable bonds is 4. The molecule has 0 aliphatic rings. The number of nitrogens with zero attached hydrogens (tertiary/aromatic N) is 1. The molecule has 3 N–H and O–H groups in total. The zero-order valence-electron chi connectivity index (χ0n) is 8.41. The van der Waals surface area contributed by atoms with E-state index in [2.05, 4.69) is 24.1 Å². The fourth-order valence-corrected chi connectivity index (χ4v) is 1.50. The van der Waals surface area contributed by atoms with Gasteiger partial charge in [-0.25, -0.2) is 4.98 Å². The Labute approximate surface area is 87.5 Å². The van der Waals surface area contributed by atoms with E-state index in [9.17, 15) is 4.79 Å². The average Bonchev–Trinajstić information content (AvgIpc) is 2.51. The second-order valence-electron chi connectivity index (χ2n) is 3.51. The van der Waals surface area contributed by atoms with Gasteiger partial charge in [0, 0.05) is 11.9 Å². The fourth-order valence-electron chi connectivity index (χ4n) is 0.957. The monoisotopic (exact) mass is 213 g/mol. The molecule has 0 aromatic carbocycles. The highest BCUT2D eigenvalue weighted by Crippen LogP contribution is 2.10. The second kappa shape index (κ2) is 4.95. The molecule has 78 valence electrons. The number of hydrogen-bond acceptors (Lipinski definition) is 4. The van der Waals surface area contributed by atoms with Crippen molar-refractivity contribution in [3.05, 3.63) is 11.1 Å². The maximum atomic E-state index is 11.4. The molecule has 0 bridgehead atoms. The van der Waals surface area contributed by atoms with Crippen molar-refractivity contribution in [2.75, 3.05) is 12.3 Å². The van der Waals surface area contributed by atoms with Crippen molar-refractivity contribution in [2.45, 2.75) is 20.3 Å². The zero-order valence-corrected chi connectivity index (χ0v) is 9.23. The molecule has 5 heteroatoms. The summed E-state index contributed by atoms with van der Waals surface area (Å²) >= 11 is 1.28. The summed E-state index contributed by atoms with van der Waals surface area (Å²) in [5, 5.41) is 4.89. The van der Waals surface area contributed by atoms with Gasteiger partial charge in [-0.3, -0.25) is 4.79 Å². The van der Waals surface area contributed by atoms with Gasteiger partial charge in [-0.05, 0) is 12.3 Å². The first-order valence-corrected chi connectivity index (χ1v) is 5.46. The molecular weight excluding hydrogens is 198 g/mol. The normalized spacial score (nSPS) is 10.5. The quantitative estimate of drug-likeness (QED) is 0.796. The van der Waals surface area contributed by atoms with E-state index >= 15 is 0 Å². The second-order valence-corrected chi connectivity index (χ2v) is 4.40. The highest BCUT2D eigenvalue weighted by Gasteiger charge is 2.08. The summed E-state index contributed by atoms with van der Waals surface area (Å²) in [5.74, 6) is 0.453. The van der Waals surface area contributed by atoms with Crippen LogP contribution in [0.25, 0.3) is 0 Å². The molecule has 0 saturated heterocycles. The number of nitrogens with two attached hydrogens (primary N) is 1. The molecule has 0 aliphatic carbocycles. The lowest BCUT2D eigenvalue weighted by atomic mass is 10.1. The van der Waals surface area contributed by atoms with E-state index in [1.54, 1.807) is 5.38 Å². The first-order chi connectivity index (χ1) is 6.59. The van der Waals surface area contributed by atoms with E-state index < -0.39 is 0 Å². The van der Waals surface area contributed by atoms with Crippen LogP contribution < -0.4 is 11.1 Å². The number of aromatic nitrogens is 1. The van der Waals surface area contributed by atoms with Crippen molar-refractivity contribution in [3.8, 4) is 0 Å². The van der Waals surface area contributed by atoms with E-state index in [1.807, 2.05) is 0 Å². The number of carbonyl (C=O) groups is 1. The first kappa shape index (κ1) is 11.0. The SMILES string of the molecule is CC(C)CCNC(=O)c1csc(N)n1. The smallest absolute Gasteiger partial charge is 0.270 e. The molecule has 0 unspecified atom stereocenters.